The minimum atomic E-state index is -4.48. The molecule has 3 heterocycles. The summed E-state index contributed by atoms with van der Waals surface area (Å²) in [5, 5.41) is 9.84. The first-order valence-electron chi connectivity index (χ1n) is 15.1. The van der Waals surface area contributed by atoms with E-state index in [0.717, 1.165) is 27.4 Å². The van der Waals surface area contributed by atoms with E-state index in [1.54, 1.807) is 24.8 Å². The Morgan fingerprint density at radius 2 is 1.21 bits per heavy atom. The van der Waals surface area contributed by atoms with Crippen molar-refractivity contribution in [1.29, 1.82) is 0 Å². The average molecular weight is 669 g/mol. The van der Waals surface area contributed by atoms with E-state index >= 15 is 0 Å². The Morgan fingerprint density at radius 3 is 1.67 bits per heavy atom. The molecule has 8 nitrogen and oxygen atoms in total. The summed E-state index contributed by atoms with van der Waals surface area (Å²) in [5.74, 6) is -1.82. The molecule has 0 spiro atoms. The normalized spacial score (nSPS) is 17.5. The van der Waals surface area contributed by atoms with Gasteiger partial charge in [0.05, 0.1) is 29.5 Å². The van der Waals surface area contributed by atoms with Crippen molar-refractivity contribution in [2.75, 3.05) is 15.5 Å². The summed E-state index contributed by atoms with van der Waals surface area (Å²) in [6.45, 7) is 3.75. The van der Waals surface area contributed by atoms with Crippen LogP contribution in [-0.2, 0) is 4.79 Å². The molecule has 6 rings (SSSR count). The summed E-state index contributed by atoms with van der Waals surface area (Å²) in [6, 6.07) is 27.1. The standard InChI is InChI=1S/C36H31F3N6O2S/c1-23(29-17-19-40-21-31(29)42-25-9-5-3-6-10-25)35(24(2)30-18-20-41-22-32(30)43-26-11-7-4-8-12-26)33(46)45(34(47)44-35)27-13-15-28(16-14-27)48-36(37,38)39/h3-24,42-43H,1-2H3,(H,44,47). The van der Waals surface area contributed by atoms with Gasteiger partial charge < -0.3 is 16.0 Å². The minimum absolute atomic E-state index is 0.0619. The van der Waals surface area contributed by atoms with Gasteiger partial charge in [0.25, 0.3) is 5.91 Å². The zero-order chi connectivity index (χ0) is 33.9. The van der Waals surface area contributed by atoms with Crippen LogP contribution in [0.5, 0.6) is 0 Å². The molecule has 12 heteroatoms. The largest absolute Gasteiger partial charge is 0.446 e. The van der Waals surface area contributed by atoms with Crippen LogP contribution in [0.1, 0.15) is 36.8 Å². The first kappa shape index (κ1) is 32.6. The van der Waals surface area contributed by atoms with Crippen LogP contribution in [0.3, 0.4) is 0 Å². The zero-order valence-electron chi connectivity index (χ0n) is 25.9. The maximum Gasteiger partial charge on any atom is 0.446 e. The number of nitrogens with zero attached hydrogens (tertiary/aromatic N) is 3. The molecule has 1 saturated heterocycles. The van der Waals surface area contributed by atoms with Crippen LogP contribution in [0.4, 0.5) is 46.4 Å². The van der Waals surface area contributed by atoms with Gasteiger partial charge in [-0.15, -0.1) is 0 Å². The molecule has 2 aromatic heterocycles. The number of hydrogen-bond acceptors (Lipinski definition) is 7. The number of amides is 3. The van der Waals surface area contributed by atoms with Gasteiger partial charge in [-0.3, -0.25) is 14.8 Å². The van der Waals surface area contributed by atoms with E-state index in [9.17, 15) is 22.8 Å². The van der Waals surface area contributed by atoms with E-state index in [1.807, 2.05) is 86.6 Å². The Bertz CT molecular complexity index is 1820. The summed E-state index contributed by atoms with van der Waals surface area (Å²) in [4.78, 5) is 38.4. The molecule has 1 aliphatic rings. The molecule has 244 valence electrons. The Labute approximate surface area is 279 Å². The summed E-state index contributed by atoms with van der Waals surface area (Å²) >= 11 is -0.268. The van der Waals surface area contributed by atoms with Crippen molar-refractivity contribution in [3.63, 3.8) is 0 Å². The van der Waals surface area contributed by atoms with Crippen LogP contribution in [0.25, 0.3) is 0 Å². The Hall–Kier alpha value is -5.36. The molecule has 1 fully saturated rings. The number of anilines is 5. The molecule has 5 aromatic rings. The summed E-state index contributed by atoms with van der Waals surface area (Å²) in [6.07, 6.45) is 6.60. The maximum absolute atomic E-state index is 14.9. The lowest BCUT2D eigenvalue weighted by Crippen LogP contribution is -2.55. The van der Waals surface area contributed by atoms with Crippen LogP contribution >= 0.6 is 11.8 Å². The molecular formula is C36H31F3N6O2S. The molecule has 48 heavy (non-hydrogen) atoms. The third kappa shape index (κ3) is 6.56. The van der Waals surface area contributed by atoms with Gasteiger partial charge in [0.2, 0.25) is 0 Å². The number of imide groups is 1. The van der Waals surface area contributed by atoms with Gasteiger partial charge in [0.15, 0.2) is 0 Å². The number of carbonyl (C=O) groups is 2. The molecule has 2 unspecified atom stereocenters. The topological polar surface area (TPSA) is 99.2 Å². The Morgan fingerprint density at radius 1 is 0.729 bits per heavy atom. The molecule has 3 amide bonds. The fourth-order valence-electron chi connectivity index (χ4n) is 6.18. The van der Waals surface area contributed by atoms with Crippen LogP contribution in [0, 0.1) is 0 Å². The smallest absolute Gasteiger partial charge is 0.354 e. The molecule has 3 N–H and O–H groups in total. The van der Waals surface area contributed by atoms with E-state index < -0.39 is 34.8 Å². The SMILES string of the molecule is CC(c1ccncc1Nc1ccccc1)C1(C(C)c2ccncc2Nc2ccccc2)NC(=O)N(c2ccc(SC(F)(F)F)cc2)C1=O. The van der Waals surface area contributed by atoms with Crippen molar-refractivity contribution in [1.82, 2.24) is 15.3 Å². The van der Waals surface area contributed by atoms with Crippen molar-refractivity contribution >= 4 is 52.1 Å². The monoisotopic (exact) mass is 668 g/mol. The number of rotatable bonds is 10. The third-order valence-corrected chi connectivity index (χ3v) is 9.26. The Balaban J connectivity index is 1.45. The molecule has 0 bridgehead atoms. The summed E-state index contributed by atoms with van der Waals surface area (Å²) in [5.41, 5.74) is -1.52. The van der Waals surface area contributed by atoms with Crippen LogP contribution < -0.4 is 20.9 Å². The molecule has 1 aliphatic heterocycles. The molecule has 2 atom stereocenters. The number of benzene rings is 3. The van der Waals surface area contributed by atoms with Crippen LogP contribution in [-0.4, -0.2) is 33.0 Å². The number of halogens is 3. The molecule has 0 radical (unpaired) electrons. The summed E-state index contributed by atoms with van der Waals surface area (Å²) < 4.78 is 39.1. The number of carbonyl (C=O) groups excluding carboxylic acids is 2. The molecular weight excluding hydrogens is 637 g/mol. The number of thioether (sulfide) groups is 1. The van der Waals surface area contributed by atoms with Crippen LogP contribution in [0.2, 0.25) is 0 Å². The number of urea groups is 1. The second-order valence-electron chi connectivity index (χ2n) is 11.3. The number of alkyl halides is 3. The average Bonchev–Trinajstić information content (AvgIpc) is 3.35. The number of para-hydroxylation sites is 2. The van der Waals surface area contributed by atoms with Crippen molar-refractivity contribution in [3.05, 3.63) is 133 Å². The van der Waals surface area contributed by atoms with Crippen molar-refractivity contribution < 1.29 is 22.8 Å². The van der Waals surface area contributed by atoms with Gasteiger partial charge in [-0.25, -0.2) is 9.69 Å². The third-order valence-electron chi connectivity index (χ3n) is 8.52. The number of pyridine rings is 2. The number of hydrogen-bond donors (Lipinski definition) is 3. The van der Waals surface area contributed by atoms with Crippen molar-refractivity contribution in [2.45, 2.75) is 41.6 Å². The molecule has 3 aromatic carbocycles. The minimum Gasteiger partial charge on any atom is -0.354 e. The van der Waals surface area contributed by atoms with E-state index in [1.165, 1.54) is 24.3 Å². The van der Waals surface area contributed by atoms with Gasteiger partial charge in [0.1, 0.15) is 5.54 Å². The van der Waals surface area contributed by atoms with Crippen molar-refractivity contribution in [2.24, 2.45) is 0 Å². The quantitative estimate of drug-likeness (QED) is 0.101. The van der Waals surface area contributed by atoms with Gasteiger partial charge in [-0.1, -0.05) is 50.2 Å². The second kappa shape index (κ2) is 13.4. The van der Waals surface area contributed by atoms with E-state index in [4.69, 9.17) is 0 Å². The highest BCUT2D eigenvalue weighted by Crippen LogP contribution is 2.48. The lowest BCUT2D eigenvalue weighted by atomic mass is 9.69. The summed E-state index contributed by atoms with van der Waals surface area (Å²) in [7, 11) is 0. The predicted molar refractivity (Wildman–Crippen MR) is 182 cm³/mol. The van der Waals surface area contributed by atoms with Crippen LogP contribution in [0.15, 0.2) is 127 Å². The van der Waals surface area contributed by atoms with Crippen molar-refractivity contribution in [3.8, 4) is 0 Å². The zero-order valence-corrected chi connectivity index (χ0v) is 26.7. The molecule has 0 aliphatic carbocycles. The van der Waals surface area contributed by atoms with E-state index in [0.29, 0.717) is 11.4 Å². The highest BCUT2D eigenvalue weighted by molar-refractivity contribution is 8.00. The fraction of sp³-hybridized carbons (Fsp3) is 0.167. The lowest BCUT2D eigenvalue weighted by molar-refractivity contribution is -0.123. The van der Waals surface area contributed by atoms with E-state index in [-0.39, 0.29) is 22.3 Å². The fourth-order valence-corrected chi connectivity index (χ4v) is 6.72. The first-order chi connectivity index (χ1) is 23.1. The van der Waals surface area contributed by atoms with Gasteiger partial charge in [0, 0.05) is 40.5 Å². The highest BCUT2D eigenvalue weighted by atomic mass is 32.2. The first-order valence-corrected chi connectivity index (χ1v) is 15.9. The van der Waals surface area contributed by atoms with Gasteiger partial charge in [-0.05, 0) is 83.6 Å². The van der Waals surface area contributed by atoms with E-state index in [2.05, 4.69) is 25.9 Å². The lowest BCUT2D eigenvalue weighted by Gasteiger charge is -2.40. The second-order valence-corrected chi connectivity index (χ2v) is 12.5. The molecule has 0 saturated carbocycles. The Kier molecular flexibility index (Phi) is 9.09. The highest BCUT2D eigenvalue weighted by Gasteiger charge is 2.59. The van der Waals surface area contributed by atoms with Gasteiger partial charge >= 0.3 is 11.5 Å². The van der Waals surface area contributed by atoms with Gasteiger partial charge in [-0.2, -0.15) is 13.2 Å². The number of aromatic nitrogens is 2. The predicted octanol–water partition coefficient (Wildman–Crippen LogP) is 8.98. The maximum atomic E-state index is 14.9. The number of nitrogens with one attached hydrogen (secondary N) is 3.